The molecule has 2 aromatic rings. The van der Waals surface area contributed by atoms with Crippen LogP contribution in [0.25, 0.3) is 0 Å². The van der Waals surface area contributed by atoms with Crippen LogP contribution in [-0.2, 0) is 15.0 Å². The topological polar surface area (TPSA) is 78.4 Å². The van der Waals surface area contributed by atoms with Crippen molar-refractivity contribution in [2.45, 2.75) is 43.7 Å². The van der Waals surface area contributed by atoms with E-state index < -0.39 is 23.3 Å². The Morgan fingerprint density at radius 3 is 2.41 bits per heavy atom. The number of carboxylic acids is 1. The van der Waals surface area contributed by atoms with Crippen molar-refractivity contribution in [1.82, 2.24) is 5.32 Å². The highest BCUT2D eigenvalue weighted by atomic mass is 35.5. The van der Waals surface area contributed by atoms with Gasteiger partial charge < -0.3 is 10.4 Å². The van der Waals surface area contributed by atoms with Crippen LogP contribution in [0.3, 0.4) is 0 Å². The molecule has 0 aliphatic carbocycles. The van der Waals surface area contributed by atoms with Gasteiger partial charge in [-0.1, -0.05) is 55.2 Å². The fraction of sp³-hybridized carbons (Fsp3) is 0.364. The second-order valence-electron chi connectivity index (χ2n) is 8.21. The second kappa shape index (κ2) is 7.31. The van der Waals surface area contributed by atoms with Crippen LogP contribution in [0, 0.1) is 5.92 Å². The summed E-state index contributed by atoms with van der Waals surface area (Å²) in [6.45, 7) is 4.13. The average Bonchev–Trinajstić information content (AvgIpc) is 3.12. The molecular formula is C22H22Cl2N2O3. The molecule has 2 heterocycles. The van der Waals surface area contributed by atoms with Crippen molar-refractivity contribution in [2.75, 3.05) is 5.32 Å². The highest BCUT2D eigenvalue weighted by Gasteiger charge is 2.65. The van der Waals surface area contributed by atoms with Crippen molar-refractivity contribution >= 4 is 40.8 Å². The molecule has 5 nitrogen and oxygen atoms in total. The Morgan fingerprint density at radius 2 is 1.79 bits per heavy atom. The molecule has 2 aliphatic rings. The van der Waals surface area contributed by atoms with E-state index in [1.54, 1.807) is 24.3 Å². The molecular weight excluding hydrogens is 411 g/mol. The average molecular weight is 433 g/mol. The Morgan fingerprint density at radius 1 is 1.14 bits per heavy atom. The molecule has 0 radical (unpaired) electrons. The Bertz CT molecular complexity index is 977. The maximum Gasteiger partial charge on any atom is 0.321 e. The van der Waals surface area contributed by atoms with Crippen molar-refractivity contribution in [3.8, 4) is 0 Å². The van der Waals surface area contributed by atoms with E-state index in [2.05, 4.69) is 24.5 Å². The number of carbonyl (C=O) groups excluding carboxylic acids is 1. The first-order chi connectivity index (χ1) is 13.7. The number of fused-ring (bicyclic) bond motifs is 2. The summed E-state index contributed by atoms with van der Waals surface area (Å²) in [6, 6.07) is 11.2. The molecule has 0 aromatic heterocycles. The molecule has 1 amide bonds. The number of amides is 1. The number of anilines is 1. The number of carboxylic acid groups (broad SMARTS) is 1. The van der Waals surface area contributed by atoms with E-state index >= 15 is 0 Å². The van der Waals surface area contributed by atoms with Crippen LogP contribution >= 0.6 is 23.2 Å². The van der Waals surface area contributed by atoms with Crippen LogP contribution in [-0.4, -0.2) is 29.1 Å². The van der Waals surface area contributed by atoms with Crippen LogP contribution in [0.15, 0.2) is 42.5 Å². The van der Waals surface area contributed by atoms with Gasteiger partial charge in [-0.05, 0) is 47.7 Å². The zero-order chi connectivity index (χ0) is 20.9. The summed E-state index contributed by atoms with van der Waals surface area (Å²) in [5, 5.41) is 17.3. The van der Waals surface area contributed by atoms with Gasteiger partial charge in [0.25, 0.3) is 0 Å². The summed E-state index contributed by atoms with van der Waals surface area (Å²) in [6.07, 6.45) is 0.656. The molecule has 0 bridgehead atoms. The van der Waals surface area contributed by atoms with Gasteiger partial charge in [-0.25, -0.2) is 0 Å². The summed E-state index contributed by atoms with van der Waals surface area (Å²) in [4.78, 5) is 25.8. The summed E-state index contributed by atoms with van der Waals surface area (Å²) in [5.41, 5.74) is 1.14. The van der Waals surface area contributed by atoms with E-state index in [-0.39, 0.29) is 17.9 Å². The summed E-state index contributed by atoms with van der Waals surface area (Å²) in [5.74, 6) is -1.50. The second-order valence-corrected chi connectivity index (χ2v) is 9.08. The predicted octanol–water partition coefficient (Wildman–Crippen LogP) is 4.44. The quantitative estimate of drug-likeness (QED) is 0.667. The highest BCUT2D eigenvalue weighted by Crippen LogP contribution is 2.55. The molecule has 7 heteroatoms. The molecule has 4 rings (SSSR count). The number of halogens is 2. The van der Waals surface area contributed by atoms with E-state index in [0.717, 1.165) is 11.1 Å². The molecule has 152 valence electrons. The Labute approximate surface area is 179 Å². The van der Waals surface area contributed by atoms with Gasteiger partial charge in [-0.3, -0.25) is 14.9 Å². The molecule has 29 heavy (non-hydrogen) atoms. The van der Waals surface area contributed by atoms with Crippen LogP contribution < -0.4 is 10.6 Å². The smallest absolute Gasteiger partial charge is 0.321 e. The molecule has 4 unspecified atom stereocenters. The minimum atomic E-state index is -1.05. The first kappa shape index (κ1) is 20.2. The van der Waals surface area contributed by atoms with Crippen molar-refractivity contribution < 1.29 is 14.7 Å². The molecule has 1 fully saturated rings. The molecule has 1 spiro atoms. The van der Waals surface area contributed by atoms with Crippen molar-refractivity contribution in [3.63, 3.8) is 0 Å². The minimum absolute atomic E-state index is 0.198. The molecule has 2 aliphatic heterocycles. The van der Waals surface area contributed by atoms with Gasteiger partial charge in [-0.2, -0.15) is 0 Å². The van der Waals surface area contributed by atoms with Crippen molar-refractivity contribution in [3.05, 3.63) is 63.6 Å². The van der Waals surface area contributed by atoms with Gasteiger partial charge in [-0.15, -0.1) is 0 Å². The fourth-order valence-corrected chi connectivity index (χ4v) is 5.27. The number of hydrogen-bond donors (Lipinski definition) is 3. The normalized spacial score (nSPS) is 28.0. The number of hydrogen-bond acceptors (Lipinski definition) is 3. The van der Waals surface area contributed by atoms with Gasteiger partial charge in [0.05, 0.1) is 0 Å². The van der Waals surface area contributed by atoms with Crippen LogP contribution in [0.4, 0.5) is 5.69 Å². The lowest BCUT2D eigenvalue weighted by Crippen LogP contribution is -2.48. The Kier molecular flexibility index (Phi) is 5.09. The molecule has 3 N–H and O–H groups in total. The van der Waals surface area contributed by atoms with E-state index in [1.165, 1.54) is 0 Å². The zero-order valence-electron chi connectivity index (χ0n) is 16.1. The molecule has 2 aromatic carbocycles. The molecule has 4 atom stereocenters. The molecule has 0 saturated carbocycles. The first-order valence-electron chi connectivity index (χ1n) is 9.61. The standard InChI is InChI=1S/C22H22Cl2N2O3/c1-11(2)9-17-22(15-8-7-14(24)10-16(15)25-21(22)29)18(19(26-17)20(27)28)12-3-5-13(23)6-4-12/h3-8,10-11,17-19,26H,9H2,1-2H3,(H,25,29)(H,27,28). The van der Waals surface area contributed by atoms with Gasteiger partial charge >= 0.3 is 5.97 Å². The van der Waals surface area contributed by atoms with E-state index in [4.69, 9.17) is 23.2 Å². The third-order valence-corrected chi connectivity index (χ3v) is 6.49. The third-order valence-electron chi connectivity index (χ3n) is 6.01. The minimum Gasteiger partial charge on any atom is -0.480 e. The maximum atomic E-state index is 13.6. The first-order valence-corrected chi connectivity index (χ1v) is 10.4. The predicted molar refractivity (Wildman–Crippen MR) is 114 cm³/mol. The lowest BCUT2D eigenvalue weighted by molar-refractivity contribution is -0.139. The van der Waals surface area contributed by atoms with Gasteiger partial charge in [0.1, 0.15) is 11.5 Å². The number of rotatable bonds is 4. The highest BCUT2D eigenvalue weighted by molar-refractivity contribution is 6.31. The Hall–Kier alpha value is -2.08. The van der Waals surface area contributed by atoms with E-state index in [0.29, 0.717) is 22.2 Å². The van der Waals surface area contributed by atoms with E-state index in [1.807, 2.05) is 18.2 Å². The SMILES string of the molecule is CC(C)CC1NC(C(=O)O)C(c2ccc(Cl)cc2)C12C(=O)Nc1cc(Cl)ccc12. The monoisotopic (exact) mass is 432 g/mol. The van der Waals surface area contributed by atoms with Gasteiger partial charge in [0, 0.05) is 27.7 Å². The Balaban J connectivity index is 1.98. The number of benzene rings is 2. The number of nitrogens with one attached hydrogen (secondary N) is 2. The van der Waals surface area contributed by atoms with Gasteiger partial charge in [0.15, 0.2) is 0 Å². The zero-order valence-corrected chi connectivity index (χ0v) is 17.6. The number of aliphatic carboxylic acids is 1. The summed E-state index contributed by atoms with van der Waals surface area (Å²) >= 11 is 12.2. The van der Waals surface area contributed by atoms with Crippen LogP contribution in [0.2, 0.25) is 10.0 Å². The van der Waals surface area contributed by atoms with Crippen LogP contribution in [0.5, 0.6) is 0 Å². The lowest BCUT2D eigenvalue weighted by Gasteiger charge is -2.35. The largest absolute Gasteiger partial charge is 0.480 e. The van der Waals surface area contributed by atoms with Crippen molar-refractivity contribution in [2.24, 2.45) is 5.92 Å². The fourth-order valence-electron chi connectivity index (χ4n) is 4.97. The maximum absolute atomic E-state index is 13.6. The van der Waals surface area contributed by atoms with Crippen molar-refractivity contribution in [1.29, 1.82) is 0 Å². The van der Waals surface area contributed by atoms with E-state index in [9.17, 15) is 14.7 Å². The number of carbonyl (C=O) groups is 2. The third kappa shape index (κ3) is 3.12. The van der Waals surface area contributed by atoms with Crippen LogP contribution in [0.1, 0.15) is 37.3 Å². The van der Waals surface area contributed by atoms with Gasteiger partial charge in [0.2, 0.25) is 5.91 Å². The lowest BCUT2D eigenvalue weighted by atomic mass is 9.63. The summed E-state index contributed by atoms with van der Waals surface area (Å²) in [7, 11) is 0. The molecule has 1 saturated heterocycles. The summed E-state index contributed by atoms with van der Waals surface area (Å²) < 4.78 is 0.